The number of fused-ring (bicyclic) bond motifs is 2. The van der Waals surface area contributed by atoms with Gasteiger partial charge in [-0.25, -0.2) is 0 Å². The average molecular weight is 513 g/mol. The van der Waals surface area contributed by atoms with Crippen LogP contribution in [-0.4, -0.2) is 35.4 Å². The Hall–Kier alpha value is -3.24. The van der Waals surface area contributed by atoms with Gasteiger partial charge < -0.3 is 19.7 Å². The van der Waals surface area contributed by atoms with Crippen molar-refractivity contribution in [2.24, 2.45) is 5.92 Å². The quantitative estimate of drug-likeness (QED) is 0.233. The molecular formula is C34H44N2O2. The number of aromatic amines is 1. The molecule has 0 saturated heterocycles. The summed E-state index contributed by atoms with van der Waals surface area (Å²) < 4.78 is 5.56. The van der Waals surface area contributed by atoms with Crippen LogP contribution in [0, 0.1) is 5.92 Å². The zero-order chi connectivity index (χ0) is 26.7. The van der Waals surface area contributed by atoms with Crippen LogP contribution < -0.4 is 9.64 Å². The maximum Gasteiger partial charge on any atom is 0.128 e. The lowest BCUT2D eigenvalue weighted by atomic mass is 9.94. The third-order valence-electron chi connectivity index (χ3n) is 7.66. The third kappa shape index (κ3) is 7.20. The summed E-state index contributed by atoms with van der Waals surface area (Å²) in [5, 5.41) is 13.2. The standard InChI is InChI=1S/C22H29N.C12H15NO2/c1-3-9-21-13-8-5-10-18(4-2)17-23(21)22-15-14-19-11-6-7-12-20(19)16-22;1-2-9(14)8-15-12-5-3-4-11-10(12)6-7-13-11/h5-8,11-12,14-16,18,21H,3-4,9-10,13,17H2,1-2H3;3-7,9,13-14H,2,8H2,1H3/b8-5-;/t18-,21+;9-/m01/s1. The largest absolute Gasteiger partial charge is 0.490 e. The van der Waals surface area contributed by atoms with Gasteiger partial charge in [0, 0.05) is 35.4 Å². The molecule has 0 radical (unpaired) electrons. The van der Waals surface area contributed by atoms with Gasteiger partial charge in [-0.15, -0.1) is 0 Å². The molecule has 0 aliphatic carbocycles. The van der Waals surface area contributed by atoms with E-state index in [1.165, 1.54) is 55.1 Å². The Morgan fingerprint density at radius 2 is 1.76 bits per heavy atom. The van der Waals surface area contributed by atoms with Crippen molar-refractivity contribution in [3.8, 4) is 5.75 Å². The van der Waals surface area contributed by atoms with Crippen LogP contribution in [0.2, 0.25) is 0 Å². The van der Waals surface area contributed by atoms with Crippen molar-refractivity contribution in [1.29, 1.82) is 0 Å². The van der Waals surface area contributed by atoms with Gasteiger partial charge in [-0.05, 0) is 72.7 Å². The van der Waals surface area contributed by atoms with Gasteiger partial charge in [0.15, 0.2) is 0 Å². The van der Waals surface area contributed by atoms with E-state index in [2.05, 4.69) is 78.3 Å². The number of rotatable bonds is 8. The van der Waals surface area contributed by atoms with Crippen LogP contribution in [0.25, 0.3) is 21.7 Å². The van der Waals surface area contributed by atoms with Gasteiger partial charge in [0.1, 0.15) is 12.4 Å². The number of ether oxygens (including phenoxy) is 1. The molecule has 0 saturated carbocycles. The lowest BCUT2D eigenvalue weighted by Gasteiger charge is -2.37. The van der Waals surface area contributed by atoms with E-state index in [1.54, 1.807) is 0 Å². The fourth-order valence-corrected chi connectivity index (χ4v) is 5.23. The summed E-state index contributed by atoms with van der Waals surface area (Å²) in [6.45, 7) is 8.10. The van der Waals surface area contributed by atoms with Crippen LogP contribution in [-0.2, 0) is 0 Å². The first-order valence-corrected chi connectivity index (χ1v) is 14.4. The van der Waals surface area contributed by atoms with Gasteiger partial charge in [0.25, 0.3) is 0 Å². The fourth-order valence-electron chi connectivity index (χ4n) is 5.23. The van der Waals surface area contributed by atoms with Crippen molar-refractivity contribution in [3.05, 3.63) is 85.1 Å². The highest BCUT2D eigenvalue weighted by atomic mass is 16.5. The maximum atomic E-state index is 9.41. The maximum absolute atomic E-state index is 9.41. The van der Waals surface area contributed by atoms with Crippen LogP contribution in [0.3, 0.4) is 0 Å². The van der Waals surface area contributed by atoms with Crippen molar-refractivity contribution in [1.82, 2.24) is 4.98 Å². The third-order valence-corrected chi connectivity index (χ3v) is 7.66. The Labute approximate surface area is 228 Å². The highest BCUT2D eigenvalue weighted by Crippen LogP contribution is 2.30. The molecule has 2 heterocycles. The summed E-state index contributed by atoms with van der Waals surface area (Å²) in [5.74, 6) is 1.58. The van der Waals surface area contributed by atoms with Gasteiger partial charge in [0.05, 0.1) is 6.10 Å². The number of H-pyrrole nitrogens is 1. The SMILES string of the molecule is CCC[C@@H]1C/C=C\C[C@H](CC)CN1c1ccc2ccccc2c1.CC[C@@H](O)COc1cccc2[nH]ccc12. The molecule has 5 rings (SSSR count). The molecule has 202 valence electrons. The van der Waals surface area contributed by atoms with Crippen molar-refractivity contribution < 1.29 is 9.84 Å². The first-order chi connectivity index (χ1) is 18.6. The first kappa shape index (κ1) is 27.8. The minimum absolute atomic E-state index is 0.348. The molecule has 4 nitrogen and oxygen atoms in total. The second-order valence-corrected chi connectivity index (χ2v) is 10.4. The predicted molar refractivity (Wildman–Crippen MR) is 162 cm³/mol. The Kier molecular flexibility index (Phi) is 10.3. The van der Waals surface area contributed by atoms with E-state index in [9.17, 15) is 5.11 Å². The highest BCUT2D eigenvalue weighted by molar-refractivity contribution is 5.86. The lowest BCUT2D eigenvalue weighted by Crippen LogP contribution is -2.39. The number of nitrogens with zero attached hydrogens (tertiary/aromatic N) is 1. The first-order valence-electron chi connectivity index (χ1n) is 14.4. The van der Waals surface area contributed by atoms with Gasteiger partial charge in [-0.1, -0.05) is 82.2 Å². The van der Waals surface area contributed by atoms with E-state index in [4.69, 9.17) is 4.74 Å². The van der Waals surface area contributed by atoms with E-state index in [0.717, 1.165) is 22.6 Å². The van der Waals surface area contributed by atoms with Gasteiger partial charge >= 0.3 is 0 Å². The van der Waals surface area contributed by atoms with Crippen molar-refractivity contribution in [2.45, 2.75) is 71.4 Å². The predicted octanol–water partition coefficient (Wildman–Crippen LogP) is 8.51. The van der Waals surface area contributed by atoms with E-state index >= 15 is 0 Å². The molecule has 0 amide bonds. The molecule has 3 atom stereocenters. The highest BCUT2D eigenvalue weighted by Gasteiger charge is 2.22. The minimum Gasteiger partial charge on any atom is -0.490 e. The number of hydrogen-bond acceptors (Lipinski definition) is 3. The molecule has 3 aromatic carbocycles. The van der Waals surface area contributed by atoms with Crippen LogP contribution in [0.4, 0.5) is 5.69 Å². The molecule has 1 aromatic heterocycles. The fraction of sp³-hybridized carbons (Fsp3) is 0.412. The number of aliphatic hydroxyl groups excluding tert-OH is 1. The Bertz CT molecular complexity index is 1290. The lowest BCUT2D eigenvalue weighted by molar-refractivity contribution is 0.105. The normalized spacial score (nSPS) is 19.3. The van der Waals surface area contributed by atoms with E-state index < -0.39 is 0 Å². The van der Waals surface area contributed by atoms with Crippen molar-refractivity contribution in [2.75, 3.05) is 18.1 Å². The molecule has 0 unspecified atom stereocenters. The summed E-state index contributed by atoms with van der Waals surface area (Å²) in [6, 6.07) is 24.1. The van der Waals surface area contributed by atoms with Crippen LogP contribution in [0.5, 0.6) is 5.75 Å². The summed E-state index contributed by atoms with van der Waals surface area (Å²) in [5.41, 5.74) is 2.45. The number of nitrogens with one attached hydrogen (secondary N) is 1. The summed E-state index contributed by atoms with van der Waals surface area (Å²) in [4.78, 5) is 5.81. The smallest absolute Gasteiger partial charge is 0.128 e. The molecule has 4 aromatic rings. The topological polar surface area (TPSA) is 48.5 Å². The average Bonchev–Trinajstić information content (AvgIpc) is 3.43. The zero-order valence-corrected chi connectivity index (χ0v) is 23.3. The van der Waals surface area contributed by atoms with E-state index in [1.807, 2.05) is 37.4 Å². The molecule has 0 fully saturated rings. The Morgan fingerprint density at radius 1 is 0.947 bits per heavy atom. The molecule has 4 heteroatoms. The van der Waals surface area contributed by atoms with Crippen LogP contribution in [0.1, 0.15) is 59.3 Å². The van der Waals surface area contributed by atoms with E-state index in [-0.39, 0.29) is 6.10 Å². The van der Waals surface area contributed by atoms with Crippen LogP contribution >= 0.6 is 0 Å². The molecular weight excluding hydrogens is 468 g/mol. The minimum atomic E-state index is -0.390. The zero-order valence-electron chi connectivity index (χ0n) is 23.3. The molecule has 0 spiro atoms. The number of aromatic nitrogens is 1. The van der Waals surface area contributed by atoms with Crippen LogP contribution in [0.15, 0.2) is 85.1 Å². The van der Waals surface area contributed by atoms with Gasteiger partial charge in [-0.2, -0.15) is 0 Å². The monoisotopic (exact) mass is 512 g/mol. The summed E-state index contributed by atoms with van der Waals surface area (Å²) in [7, 11) is 0. The molecule has 38 heavy (non-hydrogen) atoms. The molecule has 2 N–H and O–H groups in total. The Balaban J connectivity index is 0.000000194. The second kappa shape index (κ2) is 14.1. The van der Waals surface area contributed by atoms with Crippen molar-refractivity contribution in [3.63, 3.8) is 0 Å². The number of hydrogen-bond donors (Lipinski definition) is 2. The Morgan fingerprint density at radius 3 is 2.55 bits per heavy atom. The van der Waals surface area contributed by atoms with Gasteiger partial charge in [0.2, 0.25) is 0 Å². The summed E-state index contributed by atoms with van der Waals surface area (Å²) in [6.07, 6.45) is 13.2. The van der Waals surface area contributed by atoms with Crippen molar-refractivity contribution >= 4 is 27.4 Å². The molecule has 0 bridgehead atoms. The van der Waals surface area contributed by atoms with Gasteiger partial charge in [-0.3, -0.25) is 0 Å². The molecule has 1 aliphatic heterocycles. The van der Waals surface area contributed by atoms with E-state index in [0.29, 0.717) is 19.1 Å². The summed E-state index contributed by atoms with van der Waals surface area (Å²) >= 11 is 0. The molecule has 1 aliphatic rings. The number of benzene rings is 3. The number of anilines is 1. The number of allylic oxidation sites excluding steroid dienone is 1. The second-order valence-electron chi connectivity index (χ2n) is 10.4. The number of aliphatic hydroxyl groups is 1.